The molecular formula is C21H21F2N3O. The van der Waals surface area contributed by atoms with Crippen LogP contribution in [0, 0.1) is 11.6 Å². The molecule has 140 valence electrons. The number of carbonyl (C=O) groups is 1. The summed E-state index contributed by atoms with van der Waals surface area (Å²) >= 11 is 0. The summed E-state index contributed by atoms with van der Waals surface area (Å²) in [6.45, 7) is 4.06. The number of halogens is 2. The zero-order chi connectivity index (χ0) is 19.4. The molecule has 1 amide bonds. The van der Waals surface area contributed by atoms with Crippen LogP contribution in [0.5, 0.6) is 0 Å². The maximum absolute atomic E-state index is 13.4. The Kier molecular flexibility index (Phi) is 5.64. The van der Waals surface area contributed by atoms with E-state index in [4.69, 9.17) is 0 Å². The van der Waals surface area contributed by atoms with Crippen LogP contribution in [-0.2, 0) is 0 Å². The predicted molar refractivity (Wildman–Crippen MR) is 101 cm³/mol. The van der Waals surface area contributed by atoms with E-state index >= 15 is 0 Å². The van der Waals surface area contributed by atoms with E-state index in [0.29, 0.717) is 11.3 Å². The van der Waals surface area contributed by atoms with E-state index in [1.165, 1.54) is 12.3 Å². The minimum Gasteiger partial charge on any atom is -0.348 e. The molecule has 0 saturated heterocycles. The van der Waals surface area contributed by atoms with Crippen molar-refractivity contribution in [1.29, 1.82) is 0 Å². The lowest BCUT2D eigenvalue weighted by molar-refractivity contribution is 0.0928. The molecule has 0 fully saturated rings. The largest absolute Gasteiger partial charge is 0.348 e. The number of hydrogen-bond donors (Lipinski definition) is 1. The van der Waals surface area contributed by atoms with Gasteiger partial charge in [-0.1, -0.05) is 32.0 Å². The lowest BCUT2D eigenvalue weighted by Gasteiger charge is -2.15. The molecule has 0 radical (unpaired) electrons. The maximum atomic E-state index is 13.4. The Balaban J connectivity index is 1.85. The van der Waals surface area contributed by atoms with E-state index in [9.17, 15) is 13.6 Å². The molecule has 0 aliphatic heterocycles. The number of benzene rings is 2. The molecule has 6 heteroatoms. The molecule has 0 bridgehead atoms. The van der Waals surface area contributed by atoms with Crippen LogP contribution in [0.1, 0.15) is 37.2 Å². The number of rotatable bonds is 6. The number of imidazole rings is 1. The van der Waals surface area contributed by atoms with Gasteiger partial charge in [-0.15, -0.1) is 0 Å². The second-order valence-corrected chi connectivity index (χ2v) is 6.31. The minimum absolute atomic E-state index is 0.122. The van der Waals surface area contributed by atoms with E-state index in [-0.39, 0.29) is 11.9 Å². The summed E-state index contributed by atoms with van der Waals surface area (Å²) in [5.74, 6) is -1.93. The highest BCUT2D eigenvalue weighted by atomic mass is 19.2. The third-order valence-electron chi connectivity index (χ3n) is 4.59. The predicted octanol–water partition coefficient (Wildman–Crippen LogP) is 4.74. The van der Waals surface area contributed by atoms with Crippen LogP contribution in [0.25, 0.3) is 16.8 Å². The third kappa shape index (κ3) is 4.05. The summed E-state index contributed by atoms with van der Waals surface area (Å²) in [6.07, 6.45) is 4.83. The van der Waals surface area contributed by atoms with Crippen LogP contribution in [0.4, 0.5) is 8.78 Å². The van der Waals surface area contributed by atoms with Crippen molar-refractivity contribution in [1.82, 2.24) is 14.9 Å². The number of nitrogens with zero attached hydrogens (tertiary/aromatic N) is 2. The normalized spacial score (nSPS) is 11.0. The number of amides is 1. The molecular weight excluding hydrogens is 348 g/mol. The molecule has 0 spiro atoms. The van der Waals surface area contributed by atoms with Gasteiger partial charge < -0.3 is 5.32 Å². The molecule has 0 unspecified atom stereocenters. The number of carbonyl (C=O) groups excluding carboxylic acids is 1. The van der Waals surface area contributed by atoms with E-state index in [0.717, 1.165) is 36.2 Å². The maximum Gasteiger partial charge on any atom is 0.270 e. The monoisotopic (exact) mass is 369 g/mol. The van der Waals surface area contributed by atoms with E-state index in [1.54, 1.807) is 23.0 Å². The van der Waals surface area contributed by atoms with Crippen molar-refractivity contribution in [2.45, 2.75) is 32.7 Å². The summed E-state index contributed by atoms with van der Waals surface area (Å²) in [5, 5.41) is 3.00. The number of aromatic nitrogens is 2. The molecule has 0 saturated carbocycles. The Hall–Kier alpha value is -3.02. The molecule has 4 nitrogen and oxygen atoms in total. The Labute approximate surface area is 156 Å². The van der Waals surface area contributed by atoms with Crippen molar-refractivity contribution in [2.75, 3.05) is 0 Å². The highest BCUT2D eigenvalue weighted by Gasteiger charge is 2.16. The van der Waals surface area contributed by atoms with Crippen LogP contribution in [-0.4, -0.2) is 21.5 Å². The zero-order valence-corrected chi connectivity index (χ0v) is 15.2. The van der Waals surface area contributed by atoms with Crippen molar-refractivity contribution < 1.29 is 13.6 Å². The van der Waals surface area contributed by atoms with Gasteiger partial charge in [-0.25, -0.2) is 13.8 Å². The Bertz CT molecular complexity index is 931. The van der Waals surface area contributed by atoms with Crippen LogP contribution < -0.4 is 5.32 Å². The fourth-order valence-electron chi connectivity index (χ4n) is 2.91. The molecule has 1 aromatic heterocycles. The van der Waals surface area contributed by atoms with Gasteiger partial charge in [0, 0.05) is 11.7 Å². The quantitative estimate of drug-likeness (QED) is 0.682. The summed E-state index contributed by atoms with van der Waals surface area (Å²) in [4.78, 5) is 16.6. The van der Waals surface area contributed by atoms with Crippen molar-refractivity contribution in [3.8, 4) is 16.8 Å². The average Bonchev–Trinajstić information content (AvgIpc) is 3.18. The zero-order valence-electron chi connectivity index (χ0n) is 15.2. The summed E-state index contributed by atoms with van der Waals surface area (Å²) in [7, 11) is 0. The molecule has 1 heterocycles. The standard InChI is InChI=1S/C21H21F2N3O/c1-3-16(4-2)25-21(27)20-12-24-13-26(20)17-8-5-14(6-9-17)15-7-10-18(22)19(23)11-15/h5-13,16H,3-4H2,1-2H3,(H,25,27). The summed E-state index contributed by atoms with van der Waals surface area (Å²) in [5.41, 5.74) is 2.54. The highest BCUT2D eigenvalue weighted by molar-refractivity contribution is 5.93. The third-order valence-corrected chi connectivity index (χ3v) is 4.59. The van der Waals surface area contributed by atoms with Crippen LogP contribution in [0.15, 0.2) is 55.0 Å². The summed E-state index contributed by atoms with van der Waals surface area (Å²) in [6, 6.07) is 11.1. The van der Waals surface area contributed by atoms with Gasteiger partial charge in [-0.2, -0.15) is 0 Å². The van der Waals surface area contributed by atoms with Crippen molar-refractivity contribution in [3.05, 3.63) is 72.3 Å². The number of nitrogens with one attached hydrogen (secondary N) is 1. The van der Waals surface area contributed by atoms with E-state index in [2.05, 4.69) is 10.3 Å². The molecule has 0 atom stereocenters. The van der Waals surface area contributed by atoms with Gasteiger partial charge >= 0.3 is 0 Å². The fraction of sp³-hybridized carbons (Fsp3) is 0.238. The van der Waals surface area contributed by atoms with Gasteiger partial charge in [0.05, 0.1) is 12.5 Å². The first-order valence-corrected chi connectivity index (χ1v) is 8.92. The van der Waals surface area contributed by atoms with Gasteiger partial charge in [0.25, 0.3) is 5.91 Å². The van der Waals surface area contributed by atoms with Crippen LogP contribution in [0.2, 0.25) is 0 Å². The van der Waals surface area contributed by atoms with Crippen molar-refractivity contribution >= 4 is 5.91 Å². The minimum atomic E-state index is -0.883. The van der Waals surface area contributed by atoms with Crippen molar-refractivity contribution in [2.24, 2.45) is 0 Å². The molecule has 0 aliphatic carbocycles. The topological polar surface area (TPSA) is 46.9 Å². The lowest BCUT2D eigenvalue weighted by atomic mass is 10.1. The Morgan fingerprint density at radius 2 is 1.70 bits per heavy atom. The van der Waals surface area contributed by atoms with E-state index < -0.39 is 11.6 Å². The molecule has 1 N–H and O–H groups in total. The SMILES string of the molecule is CCC(CC)NC(=O)c1cncn1-c1ccc(-c2ccc(F)c(F)c2)cc1. The number of hydrogen-bond acceptors (Lipinski definition) is 2. The van der Waals surface area contributed by atoms with Gasteiger partial charge in [0.15, 0.2) is 11.6 Å². The first-order valence-electron chi connectivity index (χ1n) is 8.92. The van der Waals surface area contributed by atoms with Gasteiger partial charge in [-0.3, -0.25) is 9.36 Å². The van der Waals surface area contributed by atoms with Crippen LogP contribution in [0.3, 0.4) is 0 Å². The molecule has 3 rings (SSSR count). The lowest BCUT2D eigenvalue weighted by Crippen LogP contribution is -2.34. The van der Waals surface area contributed by atoms with Crippen LogP contribution >= 0.6 is 0 Å². The van der Waals surface area contributed by atoms with Crippen molar-refractivity contribution in [3.63, 3.8) is 0 Å². The van der Waals surface area contributed by atoms with E-state index in [1.807, 2.05) is 26.0 Å². The first-order chi connectivity index (χ1) is 13.0. The van der Waals surface area contributed by atoms with Gasteiger partial charge in [0.2, 0.25) is 0 Å². The second-order valence-electron chi connectivity index (χ2n) is 6.31. The molecule has 27 heavy (non-hydrogen) atoms. The Morgan fingerprint density at radius 1 is 1.04 bits per heavy atom. The van der Waals surface area contributed by atoms with Gasteiger partial charge in [0.1, 0.15) is 5.69 Å². The Morgan fingerprint density at radius 3 is 2.33 bits per heavy atom. The fourth-order valence-corrected chi connectivity index (χ4v) is 2.91. The first kappa shape index (κ1) is 18.8. The molecule has 2 aromatic carbocycles. The average molecular weight is 369 g/mol. The summed E-state index contributed by atoms with van der Waals surface area (Å²) < 4.78 is 28.2. The highest BCUT2D eigenvalue weighted by Crippen LogP contribution is 2.23. The van der Waals surface area contributed by atoms with Gasteiger partial charge in [-0.05, 0) is 48.2 Å². The smallest absolute Gasteiger partial charge is 0.270 e. The molecule has 0 aliphatic rings. The second kappa shape index (κ2) is 8.12. The molecule has 3 aromatic rings.